The van der Waals surface area contributed by atoms with Crippen molar-refractivity contribution in [3.63, 3.8) is 0 Å². The number of guanidine groups is 1. The van der Waals surface area contributed by atoms with E-state index >= 15 is 0 Å². The molecule has 1 saturated carbocycles. The molecular formula is C48H69ClN12O9S2. The summed E-state index contributed by atoms with van der Waals surface area (Å²) in [7, 11) is 0. The number of carbonyl (C=O) groups is 9. The van der Waals surface area contributed by atoms with E-state index in [-0.39, 0.29) is 75.0 Å². The number of rotatable bonds is 16. The van der Waals surface area contributed by atoms with Gasteiger partial charge in [-0.3, -0.25) is 53.6 Å². The maximum Gasteiger partial charge on any atom is 0.264 e. The normalized spacial score (nSPS) is 23.4. The molecule has 72 heavy (non-hydrogen) atoms. The summed E-state index contributed by atoms with van der Waals surface area (Å²) in [6.45, 7) is 6.71. The molecule has 1 aliphatic carbocycles. The molecule has 2 aliphatic heterocycles. The minimum atomic E-state index is -1.43. The standard InChI is InChI=1S/C48H69ClN12O9S2/c1-27(2)40-45(68)54-28(3)46(69)61(59-29(4)62)38(47(70)60-20-6-11-37(60)44(67)56-34(10-5-19-52-48(50)51)41(64)53-25-31-13-14-31)26-71-21-8-12-39(63)55-35(23-30-15-17-32(49)18-16-30)42(65)57-36(43(66)58-40)24-33-9-7-22-72-33/h7,9,15-18,22,27-28,31,34-38,40H,5-6,8,10-14,19-21,23-26H2,1-4H3,(H,53,64)(H,54,68)(H,55,63)(H,56,67)(H,57,65)(H,58,66)(H,59,62)(H4,50,51,52)/t28-,34+,35-,36-,37-,38-,40+/m0/s1. The molecule has 0 bridgehead atoms. The number of thiophene rings is 1. The molecule has 0 spiro atoms. The Morgan fingerprint density at radius 2 is 1.60 bits per heavy atom. The summed E-state index contributed by atoms with van der Waals surface area (Å²) < 4.78 is 0. The van der Waals surface area contributed by atoms with Gasteiger partial charge in [-0.05, 0) is 98.6 Å². The largest absolute Gasteiger partial charge is 0.370 e. The molecular weight excluding hydrogens is 988 g/mol. The number of likely N-dealkylation sites (tertiary alicyclic amines) is 1. The van der Waals surface area contributed by atoms with E-state index in [0.29, 0.717) is 35.9 Å². The number of hydrogen-bond acceptors (Lipinski definition) is 12. The molecule has 7 atom stereocenters. The molecule has 1 aromatic carbocycles. The summed E-state index contributed by atoms with van der Waals surface area (Å²) in [6, 6.07) is 2.02. The van der Waals surface area contributed by atoms with Crippen LogP contribution >= 0.6 is 34.7 Å². The van der Waals surface area contributed by atoms with Crippen LogP contribution in [-0.4, -0.2) is 142 Å². The topological polar surface area (TPSA) is 309 Å². The van der Waals surface area contributed by atoms with Crippen LogP contribution in [-0.2, 0) is 56.0 Å². The van der Waals surface area contributed by atoms with E-state index in [9.17, 15) is 43.2 Å². The van der Waals surface area contributed by atoms with Gasteiger partial charge in [0, 0.05) is 61.5 Å². The van der Waals surface area contributed by atoms with Crippen molar-refractivity contribution in [2.24, 2.45) is 28.3 Å². The summed E-state index contributed by atoms with van der Waals surface area (Å²) in [5.74, 6) is -5.88. The third-order valence-electron chi connectivity index (χ3n) is 12.4. The summed E-state index contributed by atoms with van der Waals surface area (Å²) >= 11 is 8.73. The number of hydrogen-bond donors (Lipinski definition) is 9. The van der Waals surface area contributed by atoms with Crippen LogP contribution in [0.3, 0.4) is 0 Å². The van der Waals surface area contributed by atoms with Crippen LogP contribution in [0.25, 0.3) is 0 Å². The first-order chi connectivity index (χ1) is 34.3. The fraction of sp³-hybridized carbons (Fsp3) is 0.583. The third kappa shape index (κ3) is 17.7. The average molecular weight is 1060 g/mol. The molecule has 24 heteroatoms. The number of nitrogens with one attached hydrogen (secondary N) is 7. The molecule has 21 nitrogen and oxygen atoms in total. The minimum Gasteiger partial charge on any atom is -0.370 e. The fourth-order valence-electron chi connectivity index (χ4n) is 8.27. The molecule has 0 unspecified atom stereocenters. The third-order valence-corrected chi connectivity index (χ3v) is 14.6. The van der Waals surface area contributed by atoms with Crippen LogP contribution in [0.1, 0.15) is 89.5 Å². The lowest BCUT2D eigenvalue weighted by Gasteiger charge is -2.36. The Morgan fingerprint density at radius 1 is 0.889 bits per heavy atom. The summed E-state index contributed by atoms with van der Waals surface area (Å²) in [4.78, 5) is 132. The average Bonchev–Trinajstić information content (AvgIpc) is 3.76. The molecule has 9 amide bonds. The first-order valence-electron chi connectivity index (χ1n) is 24.4. The maximum atomic E-state index is 14.9. The van der Waals surface area contributed by atoms with Gasteiger partial charge in [0.1, 0.15) is 42.3 Å². The van der Waals surface area contributed by atoms with Crippen molar-refractivity contribution in [1.82, 2.24) is 47.2 Å². The SMILES string of the molecule is CC(=O)NN1C(=O)[C@H](C)NC(=O)[C@@H](C(C)C)NC(=O)[C@H](Cc2cccs2)NC(=O)[C@H](Cc2ccc(Cl)cc2)NC(=O)CCCSC[C@H]1C(=O)N1CCC[C@H]1C(=O)N[C@H](CCCN=C(N)N)C(=O)NCC1CC1. The second-order valence-electron chi connectivity index (χ2n) is 18.7. The molecule has 0 radical (unpaired) electrons. The second kappa shape index (κ2) is 27.8. The van der Waals surface area contributed by atoms with Gasteiger partial charge in [-0.15, -0.1) is 11.3 Å². The van der Waals surface area contributed by atoms with Crippen LogP contribution in [0.4, 0.5) is 0 Å². The zero-order valence-electron chi connectivity index (χ0n) is 41.2. The number of benzene rings is 1. The highest BCUT2D eigenvalue weighted by molar-refractivity contribution is 7.99. The number of nitrogens with two attached hydrogens (primary N) is 2. The molecule has 2 saturated heterocycles. The predicted molar refractivity (Wildman–Crippen MR) is 275 cm³/mol. The number of halogens is 1. The van der Waals surface area contributed by atoms with Crippen molar-refractivity contribution in [3.8, 4) is 0 Å². The highest BCUT2D eigenvalue weighted by Gasteiger charge is 2.43. The molecule has 3 fully saturated rings. The van der Waals surface area contributed by atoms with E-state index in [1.165, 1.54) is 34.9 Å². The van der Waals surface area contributed by atoms with Crippen molar-refractivity contribution >= 4 is 93.8 Å². The van der Waals surface area contributed by atoms with Gasteiger partial charge in [-0.1, -0.05) is 43.6 Å². The Hall–Kier alpha value is -5.94. The van der Waals surface area contributed by atoms with Gasteiger partial charge in [-0.2, -0.15) is 11.8 Å². The summed E-state index contributed by atoms with van der Waals surface area (Å²) in [5, 5.41) is 20.0. The number of amides is 9. The minimum absolute atomic E-state index is 0.0433. The Kier molecular flexibility index (Phi) is 22.0. The number of nitrogens with zero attached hydrogens (tertiary/aromatic N) is 3. The maximum absolute atomic E-state index is 14.9. The van der Waals surface area contributed by atoms with Crippen LogP contribution in [0.2, 0.25) is 5.02 Å². The first kappa shape index (κ1) is 57.0. The van der Waals surface area contributed by atoms with E-state index in [4.69, 9.17) is 23.1 Å². The van der Waals surface area contributed by atoms with E-state index in [2.05, 4.69) is 42.3 Å². The number of hydrazine groups is 1. The smallest absolute Gasteiger partial charge is 0.264 e. The Morgan fingerprint density at radius 3 is 2.25 bits per heavy atom. The van der Waals surface area contributed by atoms with Crippen LogP contribution in [0.15, 0.2) is 46.8 Å². The summed E-state index contributed by atoms with van der Waals surface area (Å²) in [6.07, 6.45) is 3.57. The van der Waals surface area contributed by atoms with Crippen molar-refractivity contribution in [3.05, 3.63) is 57.2 Å². The molecule has 2 aromatic rings. The molecule has 394 valence electrons. The summed E-state index contributed by atoms with van der Waals surface area (Å²) in [5.41, 5.74) is 14.2. The number of thioether (sulfide) groups is 1. The number of carbonyl (C=O) groups excluding carboxylic acids is 9. The highest BCUT2D eigenvalue weighted by atomic mass is 35.5. The molecule has 11 N–H and O–H groups in total. The van der Waals surface area contributed by atoms with Crippen molar-refractivity contribution < 1.29 is 43.2 Å². The van der Waals surface area contributed by atoms with E-state index in [0.717, 1.165) is 29.7 Å². The predicted octanol–water partition coefficient (Wildman–Crippen LogP) is 0.633. The zero-order chi connectivity index (χ0) is 52.5. The van der Waals surface area contributed by atoms with Gasteiger partial charge in [0.2, 0.25) is 47.3 Å². The van der Waals surface area contributed by atoms with Gasteiger partial charge in [0.15, 0.2) is 5.96 Å². The Bertz CT molecular complexity index is 2260. The van der Waals surface area contributed by atoms with E-state index in [1.54, 1.807) is 50.2 Å². The van der Waals surface area contributed by atoms with Crippen LogP contribution < -0.4 is 48.8 Å². The zero-order valence-corrected chi connectivity index (χ0v) is 43.6. The van der Waals surface area contributed by atoms with Gasteiger partial charge < -0.3 is 48.3 Å². The van der Waals surface area contributed by atoms with Gasteiger partial charge in [0.05, 0.1) is 0 Å². The Balaban J connectivity index is 1.43. The van der Waals surface area contributed by atoms with Crippen molar-refractivity contribution in [1.29, 1.82) is 0 Å². The molecule has 5 rings (SSSR count). The van der Waals surface area contributed by atoms with Crippen molar-refractivity contribution in [2.75, 3.05) is 31.1 Å². The lowest BCUT2D eigenvalue weighted by molar-refractivity contribution is -0.154. The lowest BCUT2D eigenvalue weighted by Crippen LogP contribution is -2.64. The van der Waals surface area contributed by atoms with Crippen LogP contribution in [0, 0.1) is 11.8 Å². The van der Waals surface area contributed by atoms with E-state index < -0.39 is 95.5 Å². The molecule has 3 aliphatic rings. The van der Waals surface area contributed by atoms with Gasteiger partial charge >= 0.3 is 0 Å². The lowest BCUT2D eigenvalue weighted by atomic mass is 10.0. The highest BCUT2D eigenvalue weighted by Crippen LogP contribution is 2.28. The van der Waals surface area contributed by atoms with Gasteiger partial charge in [0.25, 0.3) is 5.91 Å². The van der Waals surface area contributed by atoms with E-state index in [1.807, 2.05) is 5.38 Å². The quantitative estimate of drug-likeness (QED) is 0.0636. The van der Waals surface area contributed by atoms with Crippen LogP contribution in [0.5, 0.6) is 0 Å². The monoisotopic (exact) mass is 1060 g/mol. The van der Waals surface area contributed by atoms with Crippen molar-refractivity contribution in [2.45, 2.75) is 134 Å². The first-order valence-corrected chi connectivity index (χ1v) is 26.8. The second-order valence-corrected chi connectivity index (χ2v) is 21.3. The molecule has 3 heterocycles. The van der Waals surface area contributed by atoms with Gasteiger partial charge in [-0.25, -0.2) is 5.01 Å². The number of aliphatic imine (C=N–C) groups is 1. The fourth-order valence-corrected chi connectivity index (χ4v) is 10.2. The molecule has 1 aromatic heterocycles. The Labute approximate surface area is 433 Å².